The van der Waals surface area contributed by atoms with Gasteiger partial charge in [0.15, 0.2) is 5.78 Å². The maximum Gasteiger partial charge on any atom is 0.162 e. The SMILES string of the molecule is CC1(C)CC(=O)C2=C(C1)N(c1ccc(F)cc1)c1nc(N)c(C#N)c(N)c1C2c1ccc(Cl)cc1. The molecule has 1 aromatic heterocycles. The number of nitrogen functional groups attached to an aromatic ring is 2. The average molecular weight is 488 g/mol. The van der Waals surface area contributed by atoms with Crippen LogP contribution in [0.5, 0.6) is 0 Å². The molecule has 0 spiro atoms. The number of Topliss-reactive ketones (excluding diaryl/α,β-unsaturated/α-hetero) is 1. The Morgan fingerprint density at radius 3 is 2.40 bits per heavy atom. The highest BCUT2D eigenvalue weighted by Crippen LogP contribution is 2.55. The van der Waals surface area contributed by atoms with Gasteiger partial charge in [-0.05, 0) is 53.8 Å². The zero-order valence-corrected chi connectivity index (χ0v) is 20.0. The number of hydrogen-bond acceptors (Lipinski definition) is 6. The molecule has 6 nitrogen and oxygen atoms in total. The molecule has 1 aliphatic heterocycles. The van der Waals surface area contributed by atoms with E-state index in [-0.39, 0.29) is 34.1 Å². The van der Waals surface area contributed by atoms with Crippen molar-refractivity contribution in [3.63, 3.8) is 0 Å². The highest BCUT2D eigenvalue weighted by Gasteiger charge is 2.45. The van der Waals surface area contributed by atoms with Gasteiger partial charge < -0.3 is 11.5 Å². The number of hydrogen-bond donors (Lipinski definition) is 2. The summed E-state index contributed by atoms with van der Waals surface area (Å²) in [6.07, 6.45) is 0.937. The molecule has 0 bridgehead atoms. The summed E-state index contributed by atoms with van der Waals surface area (Å²) in [5.74, 6) is -0.529. The van der Waals surface area contributed by atoms with Crippen LogP contribution in [0.3, 0.4) is 0 Å². The van der Waals surface area contributed by atoms with E-state index in [9.17, 15) is 14.4 Å². The Balaban J connectivity index is 1.90. The molecule has 1 unspecified atom stereocenters. The first-order valence-electron chi connectivity index (χ1n) is 11.2. The Kier molecular flexibility index (Phi) is 5.30. The summed E-state index contributed by atoms with van der Waals surface area (Å²) in [5, 5.41) is 10.3. The number of benzene rings is 2. The van der Waals surface area contributed by atoms with E-state index < -0.39 is 5.92 Å². The first kappa shape index (κ1) is 22.9. The van der Waals surface area contributed by atoms with Gasteiger partial charge in [0, 0.05) is 39.9 Å². The van der Waals surface area contributed by atoms with Crippen LogP contribution in [0.2, 0.25) is 5.02 Å². The molecule has 0 saturated carbocycles. The number of carbonyl (C=O) groups excluding carboxylic acids is 1. The molecule has 0 fully saturated rings. The summed E-state index contributed by atoms with van der Waals surface area (Å²) >= 11 is 6.16. The first-order chi connectivity index (χ1) is 16.6. The summed E-state index contributed by atoms with van der Waals surface area (Å²) in [6, 6.07) is 15.2. The number of aromatic nitrogens is 1. The van der Waals surface area contributed by atoms with E-state index in [1.54, 1.807) is 24.3 Å². The molecule has 3 aromatic rings. The summed E-state index contributed by atoms with van der Waals surface area (Å²) in [5.41, 5.74) is 16.0. The minimum atomic E-state index is -0.558. The van der Waals surface area contributed by atoms with Crippen LogP contribution in [0.25, 0.3) is 0 Å². The fourth-order valence-electron chi connectivity index (χ4n) is 5.15. The predicted molar refractivity (Wildman–Crippen MR) is 135 cm³/mol. The quantitative estimate of drug-likeness (QED) is 0.470. The fourth-order valence-corrected chi connectivity index (χ4v) is 5.28. The van der Waals surface area contributed by atoms with Gasteiger partial charge in [0.25, 0.3) is 0 Å². The van der Waals surface area contributed by atoms with Crippen LogP contribution < -0.4 is 16.4 Å². The first-order valence-corrected chi connectivity index (χ1v) is 11.6. The number of nitriles is 1. The maximum atomic E-state index is 13.8. The lowest BCUT2D eigenvalue weighted by Gasteiger charge is -2.44. The summed E-state index contributed by atoms with van der Waals surface area (Å²) < 4.78 is 13.8. The fraction of sp³-hybridized carbons (Fsp3) is 0.222. The van der Waals surface area contributed by atoms with Gasteiger partial charge in [-0.3, -0.25) is 9.69 Å². The molecule has 0 saturated heterocycles. The van der Waals surface area contributed by atoms with Gasteiger partial charge in [0.2, 0.25) is 0 Å². The minimum Gasteiger partial charge on any atom is -0.397 e. The van der Waals surface area contributed by atoms with Gasteiger partial charge in [0.1, 0.15) is 29.1 Å². The van der Waals surface area contributed by atoms with Gasteiger partial charge in [-0.15, -0.1) is 0 Å². The van der Waals surface area contributed by atoms with Crippen LogP contribution >= 0.6 is 11.6 Å². The van der Waals surface area contributed by atoms with Crippen molar-refractivity contribution in [2.24, 2.45) is 5.41 Å². The lowest BCUT2D eigenvalue weighted by Crippen LogP contribution is -2.39. The number of carbonyl (C=O) groups is 1. The third-order valence-corrected chi connectivity index (χ3v) is 6.89. The van der Waals surface area contributed by atoms with Crippen molar-refractivity contribution >= 4 is 40.4 Å². The molecule has 4 N–H and O–H groups in total. The van der Waals surface area contributed by atoms with E-state index in [1.807, 2.05) is 30.9 Å². The van der Waals surface area contributed by atoms with Crippen molar-refractivity contribution in [1.82, 2.24) is 4.98 Å². The number of rotatable bonds is 2. The second-order valence-corrected chi connectivity index (χ2v) is 10.2. The Labute approximate surface area is 207 Å². The molecule has 2 aliphatic rings. The van der Waals surface area contributed by atoms with Crippen LogP contribution in [0.4, 0.5) is 27.4 Å². The zero-order valence-electron chi connectivity index (χ0n) is 19.3. The molecule has 1 aliphatic carbocycles. The molecule has 0 radical (unpaired) electrons. The number of anilines is 4. The predicted octanol–water partition coefficient (Wildman–Crippen LogP) is 5.84. The highest BCUT2D eigenvalue weighted by molar-refractivity contribution is 6.30. The molecule has 5 rings (SSSR count). The monoisotopic (exact) mass is 487 g/mol. The number of fused-ring (bicyclic) bond motifs is 1. The molecule has 8 heteroatoms. The molecular weight excluding hydrogens is 465 g/mol. The van der Waals surface area contributed by atoms with Crippen molar-refractivity contribution in [3.8, 4) is 6.07 Å². The summed E-state index contributed by atoms with van der Waals surface area (Å²) in [4.78, 5) is 20.2. The second kappa shape index (κ2) is 8.10. The molecular formula is C27H23ClFN5O. The highest BCUT2D eigenvalue weighted by atomic mass is 35.5. The second-order valence-electron chi connectivity index (χ2n) is 9.73. The van der Waals surface area contributed by atoms with Crippen molar-refractivity contribution in [3.05, 3.63) is 87.3 Å². The van der Waals surface area contributed by atoms with Crippen molar-refractivity contribution in [2.45, 2.75) is 32.6 Å². The number of pyridine rings is 1. The minimum absolute atomic E-state index is 0.00355. The van der Waals surface area contributed by atoms with E-state index in [0.29, 0.717) is 40.5 Å². The average Bonchev–Trinajstić information content (AvgIpc) is 2.79. The van der Waals surface area contributed by atoms with Crippen molar-refractivity contribution in [2.75, 3.05) is 16.4 Å². The Bertz CT molecular complexity index is 1440. The molecule has 2 aromatic carbocycles. The van der Waals surface area contributed by atoms with E-state index in [0.717, 1.165) is 11.3 Å². The van der Waals surface area contributed by atoms with Gasteiger partial charge in [0.05, 0.1) is 5.69 Å². The zero-order chi connectivity index (χ0) is 25.1. The van der Waals surface area contributed by atoms with Gasteiger partial charge >= 0.3 is 0 Å². The molecule has 1 atom stereocenters. The van der Waals surface area contributed by atoms with Crippen molar-refractivity contribution < 1.29 is 9.18 Å². The van der Waals surface area contributed by atoms with E-state index in [1.165, 1.54) is 12.1 Å². The Hall–Kier alpha value is -3.89. The molecule has 2 heterocycles. The largest absolute Gasteiger partial charge is 0.397 e. The van der Waals surface area contributed by atoms with Crippen LogP contribution in [0.1, 0.15) is 49.3 Å². The molecule has 0 amide bonds. The third-order valence-electron chi connectivity index (χ3n) is 6.64. The van der Waals surface area contributed by atoms with E-state index in [4.69, 9.17) is 23.1 Å². The van der Waals surface area contributed by atoms with Gasteiger partial charge in [-0.2, -0.15) is 5.26 Å². The van der Waals surface area contributed by atoms with Crippen LogP contribution in [-0.2, 0) is 4.79 Å². The van der Waals surface area contributed by atoms with Crippen molar-refractivity contribution in [1.29, 1.82) is 5.26 Å². The Morgan fingerprint density at radius 2 is 1.77 bits per heavy atom. The van der Waals surface area contributed by atoms with Gasteiger partial charge in [-0.25, -0.2) is 9.37 Å². The van der Waals surface area contributed by atoms with Crippen LogP contribution in [0.15, 0.2) is 59.8 Å². The standard InChI is InChI=1S/C27H23ClFN5O/c1-27(2)11-19-22(20(35)12-27)21(14-3-5-15(28)6-4-14)23-24(31)18(13-30)25(32)33-26(23)34(19)17-9-7-16(29)8-10-17/h3-10,21H,11-12H2,1-2H3,(H4,31,32,33). The lowest BCUT2D eigenvalue weighted by molar-refractivity contribution is -0.118. The third kappa shape index (κ3) is 3.71. The van der Waals surface area contributed by atoms with E-state index >= 15 is 0 Å². The van der Waals surface area contributed by atoms with Crippen LogP contribution in [0, 0.1) is 22.6 Å². The lowest BCUT2D eigenvalue weighted by atomic mass is 9.68. The number of halogens is 2. The number of ketones is 1. The molecule has 35 heavy (non-hydrogen) atoms. The normalized spacial score (nSPS) is 18.7. The summed E-state index contributed by atoms with van der Waals surface area (Å²) in [7, 11) is 0. The topological polar surface area (TPSA) is 109 Å². The molecule has 176 valence electrons. The Morgan fingerprint density at radius 1 is 1.11 bits per heavy atom. The smallest absolute Gasteiger partial charge is 0.162 e. The van der Waals surface area contributed by atoms with Crippen LogP contribution in [-0.4, -0.2) is 10.8 Å². The number of nitrogens with zero attached hydrogens (tertiary/aromatic N) is 3. The van der Waals surface area contributed by atoms with Gasteiger partial charge in [-0.1, -0.05) is 37.6 Å². The maximum absolute atomic E-state index is 13.8. The van der Waals surface area contributed by atoms with E-state index in [2.05, 4.69) is 11.1 Å². The number of allylic oxidation sites excluding steroid dienone is 2. The summed E-state index contributed by atoms with van der Waals surface area (Å²) in [6.45, 7) is 4.08. The number of nitrogens with two attached hydrogens (primary N) is 2.